The van der Waals surface area contributed by atoms with E-state index in [0.29, 0.717) is 35.4 Å². The molecule has 0 unspecified atom stereocenters. The van der Waals surface area contributed by atoms with Crippen molar-refractivity contribution in [1.82, 2.24) is 4.31 Å². The van der Waals surface area contributed by atoms with Gasteiger partial charge in [-0.25, -0.2) is 8.42 Å². The predicted octanol–water partition coefficient (Wildman–Crippen LogP) is 2.91. The fourth-order valence-corrected chi connectivity index (χ4v) is 5.15. The number of piperazine rings is 1. The van der Waals surface area contributed by atoms with Crippen molar-refractivity contribution in [3.05, 3.63) is 46.8 Å². The first-order chi connectivity index (χ1) is 10.1. The molecule has 21 heavy (non-hydrogen) atoms. The lowest BCUT2D eigenvalue weighted by atomic mass is 10.2. The first kappa shape index (κ1) is 14.8. The van der Waals surface area contributed by atoms with Gasteiger partial charge in [-0.3, -0.25) is 0 Å². The maximum absolute atomic E-state index is 12.4. The van der Waals surface area contributed by atoms with E-state index in [0.717, 1.165) is 5.69 Å². The van der Waals surface area contributed by atoms with Gasteiger partial charge in [0.1, 0.15) is 4.21 Å². The topological polar surface area (TPSA) is 40.6 Å². The largest absolute Gasteiger partial charge is 0.369 e. The highest BCUT2D eigenvalue weighted by Gasteiger charge is 2.29. The highest BCUT2D eigenvalue weighted by molar-refractivity contribution is 7.91. The van der Waals surface area contributed by atoms with Gasteiger partial charge in [-0.05, 0) is 29.6 Å². The van der Waals surface area contributed by atoms with Crippen LogP contribution in [0.2, 0.25) is 5.02 Å². The Balaban J connectivity index is 1.71. The molecule has 1 aliphatic heterocycles. The van der Waals surface area contributed by atoms with Crippen molar-refractivity contribution in [2.75, 3.05) is 31.1 Å². The molecule has 2 aromatic rings. The Morgan fingerprint density at radius 1 is 1.05 bits per heavy atom. The number of hydrogen-bond donors (Lipinski definition) is 0. The Kier molecular flexibility index (Phi) is 4.21. The molecule has 1 saturated heterocycles. The molecule has 1 fully saturated rings. The lowest BCUT2D eigenvalue weighted by Gasteiger charge is -2.35. The van der Waals surface area contributed by atoms with Crippen molar-refractivity contribution < 1.29 is 8.42 Å². The summed E-state index contributed by atoms with van der Waals surface area (Å²) < 4.78 is 26.9. The summed E-state index contributed by atoms with van der Waals surface area (Å²) in [6.45, 7) is 2.33. The Hall–Kier alpha value is -1.08. The van der Waals surface area contributed by atoms with Crippen LogP contribution in [0.1, 0.15) is 0 Å². The van der Waals surface area contributed by atoms with E-state index in [1.165, 1.54) is 11.3 Å². The number of rotatable bonds is 3. The summed E-state index contributed by atoms with van der Waals surface area (Å²) in [7, 11) is -3.33. The lowest BCUT2D eigenvalue weighted by Crippen LogP contribution is -2.48. The Morgan fingerprint density at radius 2 is 1.81 bits per heavy atom. The van der Waals surface area contributed by atoms with E-state index in [2.05, 4.69) is 4.90 Å². The van der Waals surface area contributed by atoms with E-state index in [4.69, 9.17) is 11.6 Å². The zero-order chi connectivity index (χ0) is 14.9. The molecule has 0 radical (unpaired) electrons. The second-order valence-corrected chi connectivity index (χ2v) is 8.35. The molecule has 7 heteroatoms. The SMILES string of the molecule is O=S(=O)(c1cccs1)N1CCN(c2cccc(Cl)c2)CC1. The van der Waals surface area contributed by atoms with E-state index >= 15 is 0 Å². The molecule has 0 N–H and O–H groups in total. The molecule has 3 rings (SSSR count). The van der Waals surface area contributed by atoms with Crippen molar-refractivity contribution >= 4 is 38.6 Å². The number of benzene rings is 1. The predicted molar refractivity (Wildman–Crippen MR) is 86.7 cm³/mol. The van der Waals surface area contributed by atoms with Gasteiger partial charge in [-0.1, -0.05) is 23.7 Å². The number of thiophene rings is 1. The monoisotopic (exact) mass is 342 g/mol. The average molecular weight is 343 g/mol. The minimum atomic E-state index is -3.33. The van der Waals surface area contributed by atoms with Crippen LogP contribution in [0.15, 0.2) is 46.0 Å². The Labute approximate surface area is 133 Å². The van der Waals surface area contributed by atoms with E-state index < -0.39 is 10.0 Å². The van der Waals surface area contributed by atoms with E-state index in [1.807, 2.05) is 24.3 Å². The van der Waals surface area contributed by atoms with Crippen LogP contribution in [0.4, 0.5) is 5.69 Å². The zero-order valence-corrected chi connectivity index (χ0v) is 13.7. The molecule has 1 aromatic heterocycles. The lowest BCUT2D eigenvalue weighted by molar-refractivity contribution is 0.386. The van der Waals surface area contributed by atoms with Crippen LogP contribution >= 0.6 is 22.9 Å². The summed E-state index contributed by atoms with van der Waals surface area (Å²) in [5, 5.41) is 2.48. The molecule has 0 aliphatic carbocycles. The molecule has 1 aromatic carbocycles. The first-order valence-electron chi connectivity index (χ1n) is 6.61. The summed E-state index contributed by atoms with van der Waals surface area (Å²) in [5.74, 6) is 0. The second-order valence-electron chi connectivity index (χ2n) is 4.80. The van der Waals surface area contributed by atoms with Crippen molar-refractivity contribution in [2.45, 2.75) is 4.21 Å². The van der Waals surface area contributed by atoms with Crippen molar-refractivity contribution in [3.63, 3.8) is 0 Å². The van der Waals surface area contributed by atoms with Crippen LogP contribution < -0.4 is 4.90 Å². The molecular formula is C14H15ClN2O2S2. The fourth-order valence-electron chi connectivity index (χ4n) is 2.40. The smallest absolute Gasteiger partial charge is 0.252 e. The van der Waals surface area contributed by atoms with Crippen molar-refractivity contribution in [2.24, 2.45) is 0 Å². The minimum absolute atomic E-state index is 0.415. The summed E-state index contributed by atoms with van der Waals surface area (Å²) >= 11 is 7.26. The van der Waals surface area contributed by atoms with Gasteiger partial charge in [0.2, 0.25) is 0 Å². The van der Waals surface area contributed by atoms with Crippen LogP contribution in [0.5, 0.6) is 0 Å². The van der Waals surface area contributed by atoms with Gasteiger partial charge in [0, 0.05) is 36.9 Å². The molecule has 0 spiro atoms. The number of halogens is 1. The van der Waals surface area contributed by atoms with Crippen LogP contribution in [-0.4, -0.2) is 38.9 Å². The van der Waals surface area contributed by atoms with Gasteiger partial charge >= 0.3 is 0 Å². The van der Waals surface area contributed by atoms with Gasteiger partial charge < -0.3 is 4.90 Å². The van der Waals surface area contributed by atoms with Gasteiger partial charge in [-0.15, -0.1) is 11.3 Å². The van der Waals surface area contributed by atoms with Gasteiger partial charge in [0.25, 0.3) is 10.0 Å². The van der Waals surface area contributed by atoms with E-state index in [1.54, 1.807) is 21.8 Å². The number of nitrogens with zero attached hydrogens (tertiary/aromatic N) is 2. The Bertz CT molecular complexity index is 708. The highest BCUT2D eigenvalue weighted by Crippen LogP contribution is 2.25. The standard InChI is InChI=1S/C14H15ClN2O2S2/c15-12-3-1-4-13(11-12)16-6-8-17(9-7-16)21(18,19)14-5-2-10-20-14/h1-5,10-11H,6-9H2. The second kappa shape index (κ2) is 5.96. The molecule has 0 amide bonds. The summed E-state index contributed by atoms with van der Waals surface area (Å²) in [6.07, 6.45) is 0. The third-order valence-corrected chi connectivity index (χ3v) is 7.01. The van der Waals surface area contributed by atoms with Gasteiger partial charge in [-0.2, -0.15) is 4.31 Å². The molecule has 2 heterocycles. The van der Waals surface area contributed by atoms with Crippen LogP contribution in [0.3, 0.4) is 0 Å². The van der Waals surface area contributed by atoms with Gasteiger partial charge in [0.05, 0.1) is 0 Å². The average Bonchev–Trinajstić information content (AvgIpc) is 3.02. The summed E-state index contributed by atoms with van der Waals surface area (Å²) in [4.78, 5) is 2.16. The first-order valence-corrected chi connectivity index (χ1v) is 9.31. The normalized spacial score (nSPS) is 17.1. The zero-order valence-electron chi connectivity index (χ0n) is 11.3. The molecule has 0 bridgehead atoms. The fraction of sp³-hybridized carbons (Fsp3) is 0.286. The third-order valence-electron chi connectivity index (χ3n) is 3.50. The summed E-state index contributed by atoms with van der Waals surface area (Å²) in [6, 6.07) is 11.1. The van der Waals surface area contributed by atoms with E-state index in [9.17, 15) is 8.42 Å². The maximum atomic E-state index is 12.4. The Morgan fingerprint density at radius 3 is 2.43 bits per heavy atom. The number of anilines is 1. The number of sulfonamides is 1. The molecule has 112 valence electrons. The molecule has 0 saturated carbocycles. The molecule has 1 aliphatic rings. The highest BCUT2D eigenvalue weighted by atomic mass is 35.5. The molecule has 0 atom stereocenters. The minimum Gasteiger partial charge on any atom is -0.369 e. The molecule has 4 nitrogen and oxygen atoms in total. The van der Waals surface area contributed by atoms with Crippen molar-refractivity contribution in [1.29, 1.82) is 0 Å². The quantitative estimate of drug-likeness (QED) is 0.861. The van der Waals surface area contributed by atoms with Crippen LogP contribution in [0, 0.1) is 0 Å². The van der Waals surface area contributed by atoms with Crippen LogP contribution in [0.25, 0.3) is 0 Å². The number of hydrogen-bond acceptors (Lipinski definition) is 4. The summed E-state index contributed by atoms with van der Waals surface area (Å²) in [5.41, 5.74) is 1.04. The maximum Gasteiger partial charge on any atom is 0.252 e. The van der Waals surface area contributed by atoms with E-state index in [-0.39, 0.29) is 0 Å². The van der Waals surface area contributed by atoms with Crippen molar-refractivity contribution in [3.8, 4) is 0 Å². The van der Waals surface area contributed by atoms with Crippen LogP contribution in [-0.2, 0) is 10.0 Å². The van der Waals surface area contributed by atoms with Gasteiger partial charge in [0.15, 0.2) is 0 Å². The third kappa shape index (κ3) is 3.08. The molecular weight excluding hydrogens is 328 g/mol.